The van der Waals surface area contributed by atoms with Gasteiger partial charge in [0, 0.05) is 19.4 Å². The van der Waals surface area contributed by atoms with Gasteiger partial charge in [-0.2, -0.15) is 13.2 Å². The molecule has 1 aliphatic heterocycles. The average Bonchev–Trinajstić information content (AvgIpc) is 2.89. The van der Waals surface area contributed by atoms with Crippen molar-refractivity contribution in [2.75, 3.05) is 6.54 Å². The number of carbonyl (C=O) groups is 5. The molecule has 0 radical (unpaired) electrons. The SMILES string of the molecule is CC(C)(C)OC(=O)N[C@H](CCCCNC(=O)C(F)(F)F)C(=O)ON1C(=O)CCC1=O. The average molecular weight is 439 g/mol. The van der Waals surface area contributed by atoms with Crippen molar-refractivity contribution in [3.63, 3.8) is 0 Å². The van der Waals surface area contributed by atoms with Crippen LogP contribution in [0.1, 0.15) is 52.9 Å². The summed E-state index contributed by atoms with van der Waals surface area (Å²) in [7, 11) is 0. The number of carbonyl (C=O) groups excluding carboxylic acids is 5. The number of alkyl halides is 3. The molecule has 0 aromatic carbocycles. The van der Waals surface area contributed by atoms with Crippen molar-refractivity contribution in [1.29, 1.82) is 0 Å². The number of amides is 4. The Hall–Kier alpha value is -2.86. The van der Waals surface area contributed by atoms with Gasteiger partial charge in [0.15, 0.2) is 0 Å². The number of rotatable bonds is 8. The number of ether oxygens (including phenoxy) is 1. The molecule has 1 fully saturated rings. The molecule has 0 aromatic rings. The molecule has 4 amide bonds. The number of unbranched alkanes of at least 4 members (excludes halogenated alkanes) is 1. The van der Waals surface area contributed by atoms with Crippen molar-refractivity contribution < 1.29 is 46.7 Å². The summed E-state index contributed by atoms with van der Waals surface area (Å²) in [6.45, 7) is 4.45. The van der Waals surface area contributed by atoms with Gasteiger partial charge in [0.05, 0.1) is 0 Å². The molecule has 1 atom stereocenters. The normalized spacial score (nSPS) is 15.6. The first-order valence-corrected chi connectivity index (χ1v) is 9.13. The van der Waals surface area contributed by atoms with E-state index in [9.17, 15) is 37.1 Å². The molecule has 0 bridgehead atoms. The summed E-state index contributed by atoms with van der Waals surface area (Å²) < 4.78 is 41.4. The molecule has 0 unspecified atom stereocenters. The van der Waals surface area contributed by atoms with E-state index in [0.717, 1.165) is 0 Å². The third-order valence-corrected chi connectivity index (χ3v) is 3.63. The highest BCUT2D eigenvalue weighted by atomic mass is 19.4. The van der Waals surface area contributed by atoms with E-state index in [2.05, 4.69) is 5.32 Å². The van der Waals surface area contributed by atoms with E-state index in [1.807, 2.05) is 0 Å². The zero-order chi connectivity index (χ0) is 23.1. The number of hydroxylamine groups is 2. The van der Waals surface area contributed by atoms with Gasteiger partial charge in [-0.1, -0.05) is 0 Å². The van der Waals surface area contributed by atoms with Crippen molar-refractivity contribution >= 4 is 29.8 Å². The van der Waals surface area contributed by atoms with Crippen LogP contribution in [0.3, 0.4) is 0 Å². The molecular weight excluding hydrogens is 415 g/mol. The molecule has 0 spiro atoms. The summed E-state index contributed by atoms with van der Waals surface area (Å²) in [4.78, 5) is 63.0. The van der Waals surface area contributed by atoms with E-state index in [-0.39, 0.29) is 38.6 Å². The molecule has 1 aliphatic rings. The summed E-state index contributed by atoms with van der Waals surface area (Å²) in [6, 6.07) is -1.33. The monoisotopic (exact) mass is 439 g/mol. The maximum Gasteiger partial charge on any atom is 0.471 e. The summed E-state index contributed by atoms with van der Waals surface area (Å²) in [6.07, 6.45) is -6.13. The van der Waals surface area contributed by atoms with Crippen LogP contribution in [0.15, 0.2) is 0 Å². The molecule has 10 nitrogen and oxygen atoms in total. The minimum atomic E-state index is -5.00. The summed E-state index contributed by atoms with van der Waals surface area (Å²) in [5, 5.41) is 4.24. The number of hydrogen-bond acceptors (Lipinski definition) is 7. The number of hydrogen-bond donors (Lipinski definition) is 2. The minimum absolute atomic E-state index is 0.0587. The fourth-order valence-electron chi connectivity index (χ4n) is 2.29. The van der Waals surface area contributed by atoms with Gasteiger partial charge < -0.3 is 20.2 Å². The third-order valence-electron chi connectivity index (χ3n) is 3.63. The Bertz CT molecular complexity index is 673. The van der Waals surface area contributed by atoms with Crippen LogP contribution >= 0.6 is 0 Å². The number of alkyl carbamates (subject to hydrolysis) is 1. The Kier molecular flexibility index (Phi) is 8.61. The highest BCUT2D eigenvalue weighted by Crippen LogP contribution is 2.16. The number of nitrogens with zero attached hydrogens (tertiary/aromatic N) is 1. The van der Waals surface area contributed by atoms with Crippen LogP contribution < -0.4 is 10.6 Å². The van der Waals surface area contributed by atoms with E-state index in [4.69, 9.17) is 9.57 Å². The van der Waals surface area contributed by atoms with Crippen LogP contribution in [0.25, 0.3) is 0 Å². The predicted molar refractivity (Wildman–Crippen MR) is 93.3 cm³/mol. The maximum absolute atomic E-state index is 12.3. The Labute approximate surface area is 170 Å². The van der Waals surface area contributed by atoms with Gasteiger partial charge in [-0.15, -0.1) is 5.06 Å². The molecule has 1 rings (SSSR count). The summed E-state index contributed by atoms with van der Waals surface area (Å²) in [5.74, 6) is -4.61. The molecule has 1 saturated heterocycles. The van der Waals surface area contributed by atoms with Gasteiger partial charge in [-0.3, -0.25) is 14.4 Å². The molecule has 13 heteroatoms. The quantitative estimate of drug-likeness (QED) is 0.431. The van der Waals surface area contributed by atoms with E-state index in [1.165, 1.54) is 0 Å². The van der Waals surface area contributed by atoms with Crippen LogP contribution in [-0.4, -0.2) is 59.2 Å². The van der Waals surface area contributed by atoms with E-state index in [1.54, 1.807) is 26.1 Å². The van der Waals surface area contributed by atoms with Crippen molar-refractivity contribution in [1.82, 2.24) is 15.7 Å². The first-order valence-electron chi connectivity index (χ1n) is 9.13. The molecule has 0 saturated carbocycles. The predicted octanol–water partition coefficient (Wildman–Crippen LogP) is 1.34. The second kappa shape index (κ2) is 10.3. The summed E-state index contributed by atoms with van der Waals surface area (Å²) >= 11 is 0. The maximum atomic E-state index is 12.3. The zero-order valence-corrected chi connectivity index (χ0v) is 16.8. The smallest absolute Gasteiger partial charge is 0.444 e. The van der Waals surface area contributed by atoms with E-state index >= 15 is 0 Å². The Morgan fingerprint density at radius 2 is 1.63 bits per heavy atom. The lowest BCUT2D eigenvalue weighted by Gasteiger charge is -2.23. The number of halogens is 3. The topological polar surface area (TPSA) is 131 Å². The van der Waals surface area contributed by atoms with Crippen molar-refractivity contribution in [3.05, 3.63) is 0 Å². The minimum Gasteiger partial charge on any atom is -0.444 e. The van der Waals surface area contributed by atoms with Crippen LogP contribution in [0.4, 0.5) is 18.0 Å². The van der Waals surface area contributed by atoms with E-state index in [0.29, 0.717) is 5.06 Å². The fraction of sp³-hybridized carbons (Fsp3) is 0.706. The van der Waals surface area contributed by atoms with Gasteiger partial charge in [0.2, 0.25) is 0 Å². The number of nitrogens with one attached hydrogen (secondary N) is 2. The lowest BCUT2D eigenvalue weighted by molar-refractivity contribution is -0.199. The van der Waals surface area contributed by atoms with Crippen molar-refractivity contribution in [2.24, 2.45) is 0 Å². The first kappa shape index (κ1) is 25.2. The Morgan fingerprint density at radius 3 is 2.13 bits per heavy atom. The first-order chi connectivity index (χ1) is 13.7. The molecule has 30 heavy (non-hydrogen) atoms. The van der Waals surface area contributed by atoms with Gasteiger partial charge in [0.25, 0.3) is 11.8 Å². The third kappa shape index (κ3) is 8.66. The Morgan fingerprint density at radius 1 is 1.07 bits per heavy atom. The summed E-state index contributed by atoms with van der Waals surface area (Å²) in [5.41, 5.74) is -0.874. The van der Waals surface area contributed by atoms with Gasteiger partial charge in [-0.25, -0.2) is 9.59 Å². The molecule has 1 heterocycles. The fourth-order valence-corrected chi connectivity index (χ4v) is 2.29. The molecular formula is C17H24F3N3O7. The second-order valence-electron chi connectivity index (χ2n) is 7.44. The van der Waals surface area contributed by atoms with Crippen LogP contribution in [0.2, 0.25) is 0 Å². The van der Waals surface area contributed by atoms with Crippen molar-refractivity contribution in [2.45, 2.75) is 70.7 Å². The van der Waals surface area contributed by atoms with Crippen LogP contribution in [0, 0.1) is 0 Å². The molecule has 170 valence electrons. The van der Waals surface area contributed by atoms with Crippen LogP contribution in [-0.2, 0) is 28.8 Å². The largest absolute Gasteiger partial charge is 0.471 e. The van der Waals surface area contributed by atoms with E-state index < -0.39 is 47.6 Å². The van der Waals surface area contributed by atoms with Gasteiger partial charge in [-0.05, 0) is 40.0 Å². The van der Waals surface area contributed by atoms with Gasteiger partial charge >= 0.3 is 24.1 Å². The zero-order valence-electron chi connectivity index (χ0n) is 16.8. The van der Waals surface area contributed by atoms with Crippen LogP contribution in [0.5, 0.6) is 0 Å². The highest BCUT2D eigenvalue weighted by Gasteiger charge is 2.38. The lowest BCUT2D eigenvalue weighted by atomic mass is 10.1. The molecule has 2 N–H and O–H groups in total. The van der Waals surface area contributed by atoms with Gasteiger partial charge in [0.1, 0.15) is 11.6 Å². The van der Waals surface area contributed by atoms with Crippen molar-refractivity contribution in [3.8, 4) is 0 Å². The number of imide groups is 1. The second-order valence-corrected chi connectivity index (χ2v) is 7.44. The standard InChI is InChI=1S/C17H24F3N3O7/c1-16(2,3)29-15(28)22-10(6-4-5-9-21-14(27)17(18,19)20)13(26)30-23-11(24)7-8-12(23)25/h10H,4-9H2,1-3H3,(H,21,27)(H,22,28)/t10-/m1/s1. The molecule has 0 aromatic heterocycles. The Balaban J connectivity index is 2.64. The molecule has 0 aliphatic carbocycles. The highest BCUT2D eigenvalue weighted by molar-refractivity contribution is 6.01. The lowest BCUT2D eigenvalue weighted by Crippen LogP contribution is -2.47.